The zero-order chi connectivity index (χ0) is 25.9. The molecule has 1 aliphatic carbocycles. The van der Waals surface area contributed by atoms with E-state index in [1.807, 2.05) is 0 Å². The first-order valence-electron chi connectivity index (χ1n) is 14.2. The van der Waals surface area contributed by atoms with Gasteiger partial charge in [0, 0.05) is 25.7 Å². The first kappa shape index (κ1) is 25.5. The van der Waals surface area contributed by atoms with Crippen molar-refractivity contribution in [3.8, 4) is 6.01 Å². The molecule has 0 saturated carbocycles. The Bertz CT molecular complexity index is 1120. The maximum atomic E-state index is 13.6. The molecule has 9 nitrogen and oxygen atoms in total. The Hall–Kier alpha value is -2.75. The highest BCUT2D eigenvalue weighted by Gasteiger charge is 2.37. The summed E-state index contributed by atoms with van der Waals surface area (Å²) in [5.41, 5.74) is 3.15. The van der Waals surface area contributed by atoms with Crippen molar-refractivity contribution in [3.05, 3.63) is 47.2 Å². The maximum absolute atomic E-state index is 13.6. The Morgan fingerprint density at radius 3 is 2.68 bits per heavy atom. The van der Waals surface area contributed by atoms with E-state index in [4.69, 9.17) is 9.47 Å². The van der Waals surface area contributed by atoms with Crippen LogP contribution in [0, 0.1) is 11.8 Å². The zero-order valence-electron chi connectivity index (χ0n) is 22.1. The van der Waals surface area contributed by atoms with Gasteiger partial charge in [-0.2, -0.15) is 9.97 Å². The number of benzene rings is 1. The summed E-state index contributed by atoms with van der Waals surface area (Å²) in [6, 6.07) is 10.7. The predicted octanol–water partition coefficient (Wildman–Crippen LogP) is 2.39. The number of likely N-dealkylation sites (tertiary alicyclic amines) is 2. The van der Waals surface area contributed by atoms with Crippen LogP contribution in [0.25, 0.3) is 0 Å². The Labute approximate surface area is 224 Å². The number of β-amino-alcohol motifs (C(OH)–C–C–N with tert-alkyl or cyclic N) is 1. The van der Waals surface area contributed by atoms with Crippen LogP contribution in [0.15, 0.2) is 30.3 Å². The van der Waals surface area contributed by atoms with Crippen molar-refractivity contribution in [2.45, 2.75) is 50.7 Å². The molecule has 4 aliphatic rings. The molecule has 3 aliphatic heterocycles. The minimum atomic E-state index is -0.536. The number of rotatable bonds is 8. The molecule has 2 aromatic rings. The molecule has 0 spiro atoms. The van der Waals surface area contributed by atoms with E-state index in [0.29, 0.717) is 50.3 Å². The fourth-order valence-electron chi connectivity index (χ4n) is 6.41. The van der Waals surface area contributed by atoms with Crippen LogP contribution >= 0.6 is 0 Å². The van der Waals surface area contributed by atoms with Gasteiger partial charge >= 0.3 is 6.01 Å². The number of aromatic nitrogens is 2. The number of fused-ring (bicyclic) bond motifs is 1. The van der Waals surface area contributed by atoms with Crippen LogP contribution in [0.1, 0.15) is 47.3 Å². The standard InChI is InChI=1S/C29H39N5O4/c35-26-17-34(12-9-24(26)22-8-7-20-5-1-2-6-21(20)15-22)28(36)25-16-27(30-23-18-37-19-23)32-29(31-25)38-14-13-33-10-3-4-11-33/h1-2,5-6,16,22-24,26,35H,3-4,7-15,17-19H2,(H,30,31,32)/t22?,24-,26+/m0/s1. The molecule has 1 aromatic heterocycles. The third-order valence-electron chi connectivity index (χ3n) is 8.66. The van der Waals surface area contributed by atoms with Crippen LogP contribution in [0.2, 0.25) is 0 Å². The Morgan fingerprint density at radius 2 is 1.92 bits per heavy atom. The van der Waals surface area contributed by atoms with E-state index in [-0.39, 0.29) is 23.9 Å². The lowest BCUT2D eigenvalue weighted by molar-refractivity contribution is -0.00318. The molecule has 6 rings (SSSR count). The van der Waals surface area contributed by atoms with Crippen LogP contribution in [0.4, 0.5) is 5.82 Å². The number of hydrogen-bond acceptors (Lipinski definition) is 8. The third-order valence-corrected chi connectivity index (χ3v) is 8.66. The van der Waals surface area contributed by atoms with Gasteiger partial charge in [0.2, 0.25) is 0 Å². The minimum absolute atomic E-state index is 0.170. The molecule has 3 saturated heterocycles. The van der Waals surface area contributed by atoms with Crippen LogP contribution in [0.5, 0.6) is 6.01 Å². The van der Waals surface area contributed by atoms with E-state index in [9.17, 15) is 9.90 Å². The lowest BCUT2D eigenvalue weighted by atomic mass is 9.72. The summed E-state index contributed by atoms with van der Waals surface area (Å²) in [5, 5.41) is 14.5. The topological polar surface area (TPSA) is 100 Å². The SMILES string of the molecule is O=C(c1cc(NC2COC2)nc(OCCN2CCCC2)n1)N1CC[C@@H](C2CCc3ccccc3C2)[C@H](O)C1. The summed E-state index contributed by atoms with van der Waals surface area (Å²) in [5.74, 6) is 1.05. The predicted molar refractivity (Wildman–Crippen MR) is 143 cm³/mol. The number of anilines is 1. The lowest BCUT2D eigenvalue weighted by Crippen LogP contribution is -2.49. The van der Waals surface area contributed by atoms with Gasteiger partial charge in [-0.1, -0.05) is 24.3 Å². The van der Waals surface area contributed by atoms with E-state index in [2.05, 4.69) is 44.5 Å². The second-order valence-electron chi connectivity index (χ2n) is 11.2. The van der Waals surface area contributed by atoms with Gasteiger partial charge in [-0.25, -0.2) is 0 Å². The van der Waals surface area contributed by atoms with E-state index in [1.54, 1.807) is 11.0 Å². The highest BCUT2D eigenvalue weighted by Crippen LogP contribution is 2.36. The molecule has 4 heterocycles. The fraction of sp³-hybridized carbons (Fsp3) is 0.621. The van der Waals surface area contributed by atoms with Crippen molar-refractivity contribution in [2.24, 2.45) is 11.8 Å². The number of nitrogens with one attached hydrogen (secondary N) is 1. The van der Waals surface area contributed by atoms with E-state index < -0.39 is 6.10 Å². The van der Waals surface area contributed by atoms with Crippen LogP contribution in [-0.2, 0) is 17.6 Å². The normalized spacial score (nSPS) is 26.0. The van der Waals surface area contributed by atoms with E-state index >= 15 is 0 Å². The molecule has 204 valence electrons. The Balaban J connectivity index is 1.10. The smallest absolute Gasteiger partial charge is 0.319 e. The largest absolute Gasteiger partial charge is 0.462 e. The summed E-state index contributed by atoms with van der Waals surface area (Å²) < 4.78 is 11.2. The second kappa shape index (κ2) is 11.6. The molecule has 1 amide bonds. The van der Waals surface area contributed by atoms with Crippen molar-refractivity contribution < 1.29 is 19.4 Å². The molecule has 38 heavy (non-hydrogen) atoms. The maximum Gasteiger partial charge on any atom is 0.319 e. The van der Waals surface area contributed by atoms with Crippen molar-refractivity contribution in [3.63, 3.8) is 0 Å². The summed E-state index contributed by atoms with van der Waals surface area (Å²) in [6.45, 7) is 5.69. The zero-order valence-corrected chi connectivity index (χ0v) is 22.1. The fourth-order valence-corrected chi connectivity index (χ4v) is 6.41. The van der Waals surface area contributed by atoms with Gasteiger partial charge < -0.3 is 24.8 Å². The van der Waals surface area contributed by atoms with Crippen LogP contribution < -0.4 is 10.1 Å². The van der Waals surface area contributed by atoms with Crippen molar-refractivity contribution in [1.29, 1.82) is 0 Å². The molecule has 0 radical (unpaired) electrons. The van der Waals surface area contributed by atoms with Gasteiger partial charge in [0.05, 0.1) is 25.4 Å². The molecule has 3 atom stereocenters. The average Bonchev–Trinajstić information content (AvgIpc) is 3.43. The first-order chi connectivity index (χ1) is 18.6. The molecule has 9 heteroatoms. The molecule has 3 fully saturated rings. The van der Waals surface area contributed by atoms with Gasteiger partial charge in [-0.05, 0) is 74.6 Å². The van der Waals surface area contributed by atoms with Gasteiger partial charge in [0.25, 0.3) is 5.91 Å². The van der Waals surface area contributed by atoms with Crippen molar-refractivity contribution >= 4 is 11.7 Å². The number of hydrogen-bond donors (Lipinski definition) is 2. The van der Waals surface area contributed by atoms with E-state index in [0.717, 1.165) is 45.3 Å². The Kier molecular flexibility index (Phi) is 7.76. The number of aryl methyl sites for hydroxylation is 1. The summed E-state index contributed by atoms with van der Waals surface area (Å²) in [6.07, 6.45) is 5.89. The average molecular weight is 522 g/mol. The minimum Gasteiger partial charge on any atom is -0.462 e. The number of nitrogens with zero attached hydrogens (tertiary/aromatic N) is 4. The van der Waals surface area contributed by atoms with Gasteiger partial charge in [-0.15, -0.1) is 0 Å². The molecule has 1 unspecified atom stereocenters. The summed E-state index contributed by atoms with van der Waals surface area (Å²) >= 11 is 0. The Morgan fingerprint density at radius 1 is 1.11 bits per heavy atom. The molecule has 1 aromatic carbocycles. The molecular formula is C29H39N5O4. The van der Waals surface area contributed by atoms with Crippen molar-refractivity contribution in [1.82, 2.24) is 19.8 Å². The van der Waals surface area contributed by atoms with Gasteiger partial charge in [0.15, 0.2) is 0 Å². The number of piperidine rings is 1. The number of carbonyl (C=O) groups excluding carboxylic acids is 1. The lowest BCUT2D eigenvalue weighted by Gasteiger charge is -2.41. The number of carbonyl (C=O) groups is 1. The van der Waals surface area contributed by atoms with Gasteiger partial charge in [0.1, 0.15) is 18.1 Å². The third kappa shape index (κ3) is 5.80. The molecule has 2 N–H and O–H groups in total. The highest BCUT2D eigenvalue weighted by atomic mass is 16.5. The summed E-state index contributed by atoms with van der Waals surface area (Å²) in [7, 11) is 0. The number of ether oxygens (including phenoxy) is 2. The molecular weight excluding hydrogens is 482 g/mol. The van der Waals surface area contributed by atoms with Gasteiger partial charge in [-0.3, -0.25) is 9.69 Å². The monoisotopic (exact) mass is 521 g/mol. The van der Waals surface area contributed by atoms with Crippen molar-refractivity contribution in [2.75, 3.05) is 57.9 Å². The number of aliphatic hydroxyl groups excluding tert-OH is 1. The quantitative estimate of drug-likeness (QED) is 0.546. The van der Waals surface area contributed by atoms with Crippen LogP contribution in [-0.4, -0.2) is 95.5 Å². The highest BCUT2D eigenvalue weighted by molar-refractivity contribution is 5.93. The second-order valence-corrected chi connectivity index (χ2v) is 11.2. The molecule has 0 bridgehead atoms. The summed E-state index contributed by atoms with van der Waals surface area (Å²) in [4.78, 5) is 26.7. The first-order valence-corrected chi connectivity index (χ1v) is 14.2. The number of aliphatic hydroxyl groups is 1. The van der Waals surface area contributed by atoms with Crippen LogP contribution in [0.3, 0.4) is 0 Å². The van der Waals surface area contributed by atoms with E-state index in [1.165, 1.54) is 24.0 Å². The number of amides is 1.